The molecule has 0 radical (unpaired) electrons. The second kappa shape index (κ2) is 5.64. The number of aromatic nitrogens is 2. The molecule has 0 bridgehead atoms. The Labute approximate surface area is 138 Å². The Bertz CT molecular complexity index is 1070. The summed E-state index contributed by atoms with van der Waals surface area (Å²) in [5.74, 6) is -0.259. The molecule has 0 amide bonds. The highest BCUT2D eigenvalue weighted by Crippen LogP contribution is 2.25. The van der Waals surface area contributed by atoms with Crippen LogP contribution in [0.1, 0.15) is 5.56 Å². The summed E-state index contributed by atoms with van der Waals surface area (Å²) >= 11 is 0. The Morgan fingerprint density at radius 1 is 0.917 bits per heavy atom. The fourth-order valence-electron chi connectivity index (χ4n) is 2.75. The lowest BCUT2D eigenvalue weighted by molar-refractivity contribution is 0.628. The molecule has 0 aliphatic rings. The van der Waals surface area contributed by atoms with E-state index in [1.807, 2.05) is 40.9 Å². The summed E-state index contributed by atoms with van der Waals surface area (Å²) in [7, 11) is 0. The molecule has 0 saturated heterocycles. The molecule has 0 saturated carbocycles. The molecule has 0 aliphatic heterocycles. The monoisotopic (exact) mass is 313 g/mol. The van der Waals surface area contributed by atoms with Crippen molar-refractivity contribution in [2.45, 2.75) is 0 Å². The number of pyridine rings is 1. The maximum atomic E-state index is 13.5. The van der Waals surface area contributed by atoms with Crippen LogP contribution in [0, 0.1) is 17.1 Å². The molecular weight excluding hydrogens is 301 g/mol. The van der Waals surface area contributed by atoms with Crippen LogP contribution in [0.25, 0.3) is 28.0 Å². The van der Waals surface area contributed by atoms with Crippen LogP contribution < -0.4 is 0 Å². The van der Waals surface area contributed by atoms with Gasteiger partial charge >= 0.3 is 0 Å². The number of rotatable bonds is 2. The number of nitrogens with zero attached hydrogens (tertiary/aromatic N) is 3. The summed E-state index contributed by atoms with van der Waals surface area (Å²) in [5.41, 5.74) is 5.06. The van der Waals surface area contributed by atoms with Gasteiger partial charge in [0.2, 0.25) is 0 Å². The van der Waals surface area contributed by atoms with E-state index in [0.29, 0.717) is 5.56 Å². The predicted molar refractivity (Wildman–Crippen MR) is 90.7 cm³/mol. The molecule has 4 heteroatoms. The van der Waals surface area contributed by atoms with Crippen molar-refractivity contribution in [2.75, 3.05) is 0 Å². The quantitative estimate of drug-likeness (QED) is 0.539. The third-order valence-electron chi connectivity index (χ3n) is 3.97. The minimum atomic E-state index is -0.259. The van der Waals surface area contributed by atoms with Gasteiger partial charge in [-0.15, -0.1) is 0 Å². The number of halogens is 1. The normalized spacial score (nSPS) is 10.7. The molecule has 0 unspecified atom stereocenters. The number of hydrogen-bond donors (Lipinski definition) is 0. The summed E-state index contributed by atoms with van der Waals surface area (Å²) in [5, 5.41) is 8.92. The van der Waals surface area contributed by atoms with Crippen molar-refractivity contribution < 1.29 is 4.39 Å². The zero-order valence-corrected chi connectivity index (χ0v) is 12.6. The van der Waals surface area contributed by atoms with Crippen molar-refractivity contribution in [1.82, 2.24) is 9.38 Å². The average Bonchev–Trinajstić information content (AvgIpc) is 3.05. The van der Waals surface area contributed by atoms with Crippen molar-refractivity contribution in [3.8, 4) is 28.5 Å². The molecule has 2 aromatic heterocycles. The second-order valence-corrected chi connectivity index (χ2v) is 5.49. The smallest absolute Gasteiger partial charge is 0.137 e. The zero-order chi connectivity index (χ0) is 16.5. The second-order valence-electron chi connectivity index (χ2n) is 5.49. The van der Waals surface area contributed by atoms with Crippen molar-refractivity contribution in [3.63, 3.8) is 0 Å². The van der Waals surface area contributed by atoms with Gasteiger partial charge in [0.05, 0.1) is 23.5 Å². The Morgan fingerprint density at radius 3 is 2.46 bits per heavy atom. The van der Waals surface area contributed by atoms with Crippen LogP contribution in [0.2, 0.25) is 0 Å². The highest BCUT2D eigenvalue weighted by Gasteiger charge is 2.08. The van der Waals surface area contributed by atoms with E-state index in [2.05, 4.69) is 11.1 Å². The lowest BCUT2D eigenvalue weighted by Crippen LogP contribution is -1.90. The molecule has 114 valence electrons. The molecular formula is C20H12FN3. The van der Waals surface area contributed by atoms with Crippen molar-refractivity contribution >= 4 is 5.65 Å². The highest BCUT2D eigenvalue weighted by molar-refractivity contribution is 5.69. The number of nitriles is 1. The lowest BCUT2D eigenvalue weighted by Gasteiger charge is -2.06. The molecule has 0 N–H and O–H groups in total. The van der Waals surface area contributed by atoms with Crippen LogP contribution in [-0.2, 0) is 0 Å². The highest BCUT2D eigenvalue weighted by atomic mass is 19.1. The number of fused-ring (bicyclic) bond motifs is 1. The number of imidazole rings is 1. The summed E-state index contributed by atoms with van der Waals surface area (Å²) in [6.45, 7) is 0. The Kier molecular flexibility index (Phi) is 3.33. The van der Waals surface area contributed by atoms with E-state index >= 15 is 0 Å². The first-order chi connectivity index (χ1) is 11.7. The molecule has 3 nitrogen and oxygen atoms in total. The van der Waals surface area contributed by atoms with Gasteiger partial charge in [0.1, 0.15) is 11.5 Å². The first-order valence-electron chi connectivity index (χ1n) is 7.48. The van der Waals surface area contributed by atoms with E-state index in [4.69, 9.17) is 5.26 Å². The maximum absolute atomic E-state index is 13.5. The molecule has 4 aromatic rings. The van der Waals surface area contributed by atoms with Gasteiger partial charge in [0.25, 0.3) is 0 Å². The Morgan fingerprint density at radius 2 is 1.71 bits per heavy atom. The molecule has 2 aromatic carbocycles. The average molecular weight is 313 g/mol. The van der Waals surface area contributed by atoms with Crippen LogP contribution in [0.15, 0.2) is 73.1 Å². The predicted octanol–water partition coefficient (Wildman–Crippen LogP) is 4.68. The van der Waals surface area contributed by atoms with E-state index in [0.717, 1.165) is 28.0 Å². The molecule has 24 heavy (non-hydrogen) atoms. The van der Waals surface area contributed by atoms with Crippen molar-refractivity contribution in [2.24, 2.45) is 0 Å². The molecule has 0 fully saturated rings. The van der Waals surface area contributed by atoms with E-state index in [9.17, 15) is 4.39 Å². The summed E-state index contributed by atoms with van der Waals surface area (Å²) in [4.78, 5) is 4.41. The first-order valence-corrected chi connectivity index (χ1v) is 7.48. The van der Waals surface area contributed by atoms with Gasteiger partial charge in [-0.2, -0.15) is 5.26 Å². The summed E-state index contributed by atoms with van der Waals surface area (Å²) in [6, 6.07) is 19.8. The van der Waals surface area contributed by atoms with Crippen LogP contribution >= 0.6 is 0 Å². The minimum Gasteiger partial charge on any atom is -0.299 e. The maximum Gasteiger partial charge on any atom is 0.137 e. The van der Waals surface area contributed by atoms with E-state index < -0.39 is 0 Å². The first kappa shape index (κ1) is 14.2. The summed E-state index contributed by atoms with van der Waals surface area (Å²) in [6.07, 6.45) is 3.75. The third kappa shape index (κ3) is 2.42. The molecule has 0 aliphatic carbocycles. The van der Waals surface area contributed by atoms with Crippen LogP contribution in [0.5, 0.6) is 0 Å². The van der Waals surface area contributed by atoms with Crippen LogP contribution in [0.3, 0.4) is 0 Å². The van der Waals surface area contributed by atoms with Crippen LogP contribution in [0.4, 0.5) is 4.39 Å². The standard InChI is InChI=1S/C20H12FN3/c21-18-3-1-2-16(10-18)17-8-9-20-23-12-19(24(20)13-17)15-6-4-14(11-22)5-7-15/h1-10,12-13H. The topological polar surface area (TPSA) is 41.1 Å². The number of benzene rings is 2. The Balaban J connectivity index is 1.85. The van der Waals surface area contributed by atoms with E-state index in [-0.39, 0.29) is 5.82 Å². The van der Waals surface area contributed by atoms with E-state index in [1.54, 1.807) is 24.4 Å². The van der Waals surface area contributed by atoms with Gasteiger partial charge in [-0.3, -0.25) is 4.40 Å². The summed E-state index contributed by atoms with van der Waals surface area (Å²) < 4.78 is 15.5. The Hall–Kier alpha value is -3.45. The SMILES string of the molecule is N#Cc1ccc(-c2cnc3ccc(-c4cccc(F)c4)cn23)cc1. The molecule has 0 spiro atoms. The van der Waals surface area contributed by atoms with Crippen molar-refractivity contribution in [1.29, 1.82) is 5.26 Å². The largest absolute Gasteiger partial charge is 0.299 e. The fourth-order valence-corrected chi connectivity index (χ4v) is 2.75. The van der Waals surface area contributed by atoms with Crippen LogP contribution in [-0.4, -0.2) is 9.38 Å². The van der Waals surface area contributed by atoms with Gasteiger partial charge < -0.3 is 0 Å². The van der Waals surface area contributed by atoms with Gasteiger partial charge in [-0.1, -0.05) is 24.3 Å². The van der Waals surface area contributed by atoms with Gasteiger partial charge in [-0.05, 0) is 47.5 Å². The zero-order valence-electron chi connectivity index (χ0n) is 12.6. The molecule has 4 rings (SSSR count). The molecule has 0 atom stereocenters. The third-order valence-corrected chi connectivity index (χ3v) is 3.97. The minimum absolute atomic E-state index is 0.259. The van der Waals surface area contributed by atoms with Crippen molar-refractivity contribution in [3.05, 3.63) is 84.4 Å². The van der Waals surface area contributed by atoms with Gasteiger partial charge in [-0.25, -0.2) is 9.37 Å². The van der Waals surface area contributed by atoms with Gasteiger partial charge in [0.15, 0.2) is 0 Å². The number of hydrogen-bond acceptors (Lipinski definition) is 2. The van der Waals surface area contributed by atoms with E-state index in [1.165, 1.54) is 12.1 Å². The molecule has 2 heterocycles. The lowest BCUT2D eigenvalue weighted by atomic mass is 10.1. The van der Waals surface area contributed by atoms with Gasteiger partial charge in [0, 0.05) is 11.8 Å². The fraction of sp³-hybridized carbons (Fsp3) is 0.